The van der Waals surface area contributed by atoms with Crippen molar-refractivity contribution in [1.29, 1.82) is 0 Å². The lowest BCUT2D eigenvalue weighted by Crippen LogP contribution is -2.41. The Bertz CT molecular complexity index is 1260. The number of hydrogen-bond acceptors (Lipinski definition) is 6. The van der Waals surface area contributed by atoms with Gasteiger partial charge in [0.1, 0.15) is 23.8 Å². The average molecular weight is 499 g/mol. The van der Waals surface area contributed by atoms with Crippen LogP contribution in [0.5, 0.6) is 17.2 Å². The van der Waals surface area contributed by atoms with Crippen molar-refractivity contribution in [1.82, 2.24) is 4.90 Å². The highest BCUT2D eigenvalue weighted by molar-refractivity contribution is 7.92. The molecule has 1 amide bonds. The third-order valence-electron chi connectivity index (χ3n) is 5.55. The molecule has 0 bridgehead atoms. The Hall–Kier alpha value is -3.72. The lowest BCUT2D eigenvalue weighted by molar-refractivity contribution is -0.128. The van der Waals surface area contributed by atoms with Crippen LogP contribution in [-0.4, -0.2) is 54.1 Å². The second-order valence-corrected chi connectivity index (χ2v) is 9.82. The van der Waals surface area contributed by atoms with Crippen LogP contribution in [0.15, 0.2) is 71.6 Å². The summed E-state index contributed by atoms with van der Waals surface area (Å²) in [6.07, 6.45) is 0. The summed E-state index contributed by atoms with van der Waals surface area (Å²) in [7, 11) is 2.04. The van der Waals surface area contributed by atoms with Crippen LogP contribution in [0.2, 0.25) is 0 Å². The second-order valence-electron chi connectivity index (χ2n) is 7.96. The van der Waals surface area contributed by atoms with Gasteiger partial charge in [0.05, 0.1) is 31.9 Å². The first-order chi connectivity index (χ1) is 16.7. The Morgan fingerprint density at radius 3 is 2.00 bits per heavy atom. The van der Waals surface area contributed by atoms with Gasteiger partial charge in [0.15, 0.2) is 0 Å². The zero-order chi connectivity index (χ0) is 25.6. The van der Waals surface area contributed by atoms with Crippen molar-refractivity contribution in [3.8, 4) is 17.2 Å². The third kappa shape index (κ3) is 6.05. The number of carbonyl (C=O) groups is 1. The van der Waals surface area contributed by atoms with Gasteiger partial charge in [-0.1, -0.05) is 29.8 Å². The molecule has 3 aromatic rings. The standard InChI is InChI=1S/C26H30N2O6S/c1-19-6-13-23(14-7-19)35(30,31)28(24-16-22(33-4)12-15-25(24)34-5)18-26(29)27(2)17-20-8-10-21(32-3)11-9-20/h6-16H,17-18H2,1-5H3. The van der Waals surface area contributed by atoms with Crippen LogP contribution in [-0.2, 0) is 21.4 Å². The van der Waals surface area contributed by atoms with E-state index in [0.29, 0.717) is 23.8 Å². The number of rotatable bonds is 10. The number of carbonyl (C=O) groups excluding carboxylic acids is 1. The first-order valence-corrected chi connectivity index (χ1v) is 12.3. The minimum atomic E-state index is -4.11. The van der Waals surface area contributed by atoms with Gasteiger partial charge in [0.2, 0.25) is 5.91 Å². The number of ether oxygens (including phenoxy) is 3. The van der Waals surface area contributed by atoms with Crippen molar-refractivity contribution in [2.45, 2.75) is 18.4 Å². The summed E-state index contributed by atoms with van der Waals surface area (Å²) in [5.74, 6) is 1.06. The van der Waals surface area contributed by atoms with Crippen LogP contribution in [0.25, 0.3) is 0 Å². The Kier molecular flexibility index (Phi) is 8.24. The molecule has 0 fully saturated rings. The van der Waals surface area contributed by atoms with E-state index in [-0.39, 0.29) is 16.5 Å². The van der Waals surface area contributed by atoms with E-state index in [9.17, 15) is 13.2 Å². The van der Waals surface area contributed by atoms with Crippen molar-refractivity contribution in [3.63, 3.8) is 0 Å². The van der Waals surface area contributed by atoms with Gasteiger partial charge >= 0.3 is 0 Å². The Morgan fingerprint density at radius 1 is 0.829 bits per heavy atom. The Balaban J connectivity index is 1.98. The maximum absolute atomic E-state index is 13.7. The summed E-state index contributed by atoms with van der Waals surface area (Å²) in [5, 5.41) is 0. The van der Waals surface area contributed by atoms with E-state index in [2.05, 4.69) is 0 Å². The zero-order valence-electron chi connectivity index (χ0n) is 20.5. The molecule has 0 spiro atoms. The quantitative estimate of drug-likeness (QED) is 0.422. The predicted molar refractivity (Wildman–Crippen MR) is 135 cm³/mol. The average Bonchev–Trinajstić information content (AvgIpc) is 2.87. The monoisotopic (exact) mass is 498 g/mol. The van der Waals surface area contributed by atoms with Crippen molar-refractivity contribution in [3.05, 3.63) is 77.9 Å². The van der Waals surface area contributed by atoms with E-state index >= 15 is 0 Å². The largest absolute Gasteiger partial charge is 0.497 e. The van der Waals surface area contributed by atoms with Crippen LogP contribution in [0.4, 0.5) is 5.69 Å². The first kappa shape index (κ1) is 25.9. The fourth-order valence-corrected chi connectivity index (χ4v) is 4.88. The van der Waals surface area contributed by atoms with Gasteiger partial charge in [-0.3, -0.25) is 9.10 Å². The zero-order valence-corrected chi connectivity index (χ0v) is 21.3. The summed E-state index contributed by atoms with van der Waals surface area (Å²) in [6.45, 7) is 1.75. The molecule has 186 valence electrons. The SMILES string of the molecule is COc1ccc(CN(C)C(=O)CN(c2cc(OC)ccc2OC)S(=O)(=O)c2ccc(C)cc2)cc1. The van der Waals surface area contributed by atoms with E-state index < -0.39 is 16.6 Å². The van der Waals surface area contributed by atoms with E-state index in [1.807, 2.05) is 31.2 Å². The van der Waals surface area contributed by atoms with Crippen LogP contribution >= 0.6 is 0 Å². The van der Waals surface area contributed by atoms with E-state index in [1.165, 1.54) is 31.3 Å². The molecule has 0 aliphatic rings. The smallest absolute Gasteiger partial charge is 0.264 e. The molecule has 0 aromatic heterocycles. The minimum absolute atomic E-state index is 0.0681. The molecule has 35 heavy (non-hydrogen) atoms. The Morgan fingerprint density at radius 2 is 1.43 bits per heavy atom. The molecule has 0 saturated heterocycles. The van der Waals surface area contributed by atoms with Crippen molar-refractivity contribution < 1.29 is 27.4 Å². The predicted octanol–water partition coefficient (Wildman–Crippen LogP) is 3.87. The number of benzene rings is 3. The van der Waals surface area contributed by atoms with Gasteiger partial charge in [-0.05, 0) is 48.9 Å². The molecule has 8 nitrogen and oxygen atoms in total. The maximum atomic E-state index is 13.7. The van der Waals surface area contributed by atoms with Crippen LogP contribution in [0.1, 0.15) is 11.1 Å². The number of aryl methyl sites for hydroxylation is 1. The third-order valence-corrected chi connectivity index (χ3v) is 7.32. The summed E-state index contributed by atoms with van der Waals surface area (Å²) >= 11 is 0. The molecule has 9 heteroatoms. The van der Waals surface area contributed by atoms with E-state index in [4.69, 9.17) is 14.2 Å². The van der Waals surface area contributed by atoms with Gasteiger partial charge in [-0.25, -0.2) is 8.42 Å². The number of hydrogen-bond donors (Lipinski definition) is 0. The molecule has 0 unspecified atom stereocenters. The number of anilines is 1. The maximum Gasteiger partial charge on any atom is 0.264 e. The van der Waals surface area contributed by atoms with E-state index in [0.717, 1.165) is 15.4 Å². The first-order valence-electron chi connectivity index (χ1n) is 10.9. The van der Waals surface area contributed by atoms with Crippen molar-refractivity contribution in [2.24, 2.45) is 0 Å². The molecule has 0 atom stereocenters. The minimum Gasteiger partial charge on any atom is -0.497 e. The summed E-state index contributed by atoms with van der Waals surface area (Å²) < 4.78 is 44.5. The van der Waals surface area contributed by atoms with Gasteiger partial charge in [-0.15, -0.1) is 0 Å². The highest BCUT2D eigenvalue weighted by atomic mass is 32.2. The molecule has 0 N–H and O–H groups in total. The molecule has 0 radical (unpaired) electrons. The number of likely N-dealkylation sites (N-methyl/N-ethyl adjacent to an activating group) is 1. The Labute approximate surface area is 206 Å². The number of sulfonamides is 1. The van der Waals surface area contributed by atoms with Gasteiger partial charge < -0.3 is 19.1 Å². The lowest BCUT2D eigenvalue weighted by atomic mass is 10.2. The summed E-state index contributed by atoms with van der Waals surface area (Å²) in [6, 6.07) is 18.6. The van der Waals surface area contributed by atoms with Gasteiger partial charge in [0, 0.05) is 19.7 Å². The van der Waals surface area contributed by atoms with Gasteiger partial charge in [-0.2, -0.15) is 0 Å². The topological polar surface area (TPSA) is 85.4 Å². The molecule has 3 rings (SSSR count). The summed E-state index contributed by atoms with van der Waals surface area (Å²) in [4.78, 5) is 14.8. The molecule has 0 aliphatic heterocycles. The van der Waals surface area contributed by atoms with E-state index in [1.54, 1.807) is 44.5 Å². The molecule has 0 heterocycles. The number of amides is 1. The molecule has 3 aromatic carbocycles. The second kappa shape index (κ2) is 11.1. The normalized spacial score (nSPS) is 11.0. The highest BCUT2D eigenvalue weighted by Crippen LogP contribution is 2.35. The highest BCUT2D eigenvalue weighted by Gasteiger charge is 2.31. The molecular weight excluding hydrogens is 468 g/mol. The molecular formula is C26H30N2O6S. The van der Waals surface area contributed by atoms with Crippen LogP contribution in [0.3, 0.4) is 0 Å². The molecule has 0 saturated carbocycles. The van der Waals surface area contributed by atoms with Crippen LogP contribution in [0, 0.1) is 6.92 Å². The molecule has 0 aliphatic carbocycles. The lowest BCUT2D eigenvalue weighted by Gasteiger charge is -2.28. The number of nitrogens with zero attached hydrogens (tertiary/aromatic N) is 2. The fourth-order valence-electron chi connectivity index (χ4n) is 3.47. The number of methoxy groups -OCH3 is 3. The van der Waals surface area contributed by atoms with Gasteiger partial charge in [0.25, 0.3) is 10.0 Å². The van der Waals surface area contributed by atoms with Crippen molar-refractivity contribution in [2.75, 3.05) is 39.2 Å². The van der Waals surface area contributed by atoms with Crippen LogP contribution < -0.4 is 18.5 Å². The van der Waals surface area contributed by atoms with Crippen molar-refractivity contribution >= 4 is 21.6 Å². The fraction of sp³-hybridized carbons (Fsp3) is 0.269. The summed E-state index contributed by atoms with van der Waals surface area (Å²) in [5.41, 5.74) is 2.01.